The molecule has 1 aliphatic heterocycles. The number of aromatic nitrogens is 1. The molecule has 0 saturated carbocycles. The van der Waals surface area contributed by atoms with Crippen molar-refractivity contribution in [2.75, 3.05) is 40.8 Å². The van der Waals surface area contributed by atoms with Crippen molar-refractivity contribution in [1.29, 1.82) is 0 Å². The Morgan fingerprint density at radius 2 is 2.09 bits per heavy atom. The lowest BCUT2D eigenvalue weighted by atomic mass is 9.94. The average molecular weight is 340 g/mol. The zero-order chi connectivity index (χ0) is 16.8. The Balaban J connectivity index is 1.77. The number of nitrogens with zero attached hydrogens (tertiary/aromatic N) is 4. The summed E-state index contributed by atoms with van der Waals surface area (Å²) in [5.41, 5.74) is 1.18. The van der Waals surface area contributed by atoms with Gasteiger partial charge in [0, 0.05) is 39.6 Å². The van der Waals surface area contributed by atoms with Crippen molar-refractivity contribution in [2.24, 2.45) is 18.0 Å². The van der Waals surface area contributed by atoms with Gasteiger partial charge < -0.3 is 19.7 Å². The SMILES string of the molecule is CN=C(NCCC1CCN(C)CC1)N(C)Cc1cc(Cl)cn1C. The molecule has 0 spiro atoms. The smallest absolute Gasteiger partial charge is 0.193 e. The Labute approximate surface area is 145 Å². The first-order valence-corrected chi connectivity index (χ1v) is 8.78. The molecule has 23 heavy (non-hydrogen) atoms. The third kappa shape index (κ3) is 5.43. The van der Waals surface area contributed by atoms with Gasteiger partial charge in [0.25, 0.3) is 0 Å². The van der Waals surface area contributed by atoms with E-state index in [2.05, 4.69) is 38.8 Å². The lowest BCUT2D eigenvalue weighted by Gasteiger charge is -2.29. The number of likely N-dealkylation sites (tertiary alicyclic amines) is 1. The second-order valence-corrected chi connectivity index (χ2v) is 7.06. The lowest BCUT2D eigenvalue weighted by molar-refractivity contribution is 0.212. The minimum Gasteiger partial charge on any atom is -0.356 e. The van der Waals surface area contributed by atoms with Crippen LogP contribution in [0.25, 0.3) is 0 Å². The number of guanidine groups is 1. The maximum absolute atomic E-state index is 6.05. The van der Waals surface area contributed by atoms with E-state index in [-0.39, 0.29) is 0 Å². The van der Waals surface area contributed by atoms with Crippen LogP contribution in [-0.4, -0.2) is 61.1 Å². The second kappa shape index (κ2) is 8.60. The number of rotatable bonds is 5. The third-order valence-corrected chi connectivity index (χ3v) is 4.93. The van der Waals surface area contributed by atoms with Gasteiger partial charge in [0.1, 0.15) is 0 Å². The molecular weight excluding hydrogens is 310 g/mol. The molecule has 2 rings (SSSR count). The molecule has 0 radical (unpaired) electrons. The summed E-state index contributed by atoms with van der Waals surface area (Å²) in [6.07, 6.45) is 5.78. The zero-order valence-electron chi connectivity index (χ0n) is 14.8. The summed E-state index contributed by atoms with van der Waals surface area (Å²) in [6, 6.07) is 2.00. The van der Waals surface area contributed by atoms with E-state index in [0.717, 1.165) is 30.0 Å². The number of halogens is 1. The van der Waals surface area contributed by atoms with Gasteiger partial charge in [-0.1, -0.05) is 11.6 Å². The molecule has 5 nitrogen and oxygen atoms in total. The molecule has 130 valence electrons. The topological polar surface area (TPSA) is 35.8 Å². The van der Waals surface area contributed by atoms with E-state index >= 15 is 0 Å². The van der Waals surface area contributed by atoms with E-state index in [9.17, 15) is 0 Å². The highest BCUT2D eigenvalue weighted by molar-refractivity contribution is 6.30. The quantitative estimate of drug-likeness (QED) is 0.661. The standard InChI is InChI=1S/C17H30ClN5/c1-19-17(20-8-5-14-6-9-21(2)10-7-14)23(4)13-16-11-15(18)12-22(16)3/h11-12,14H,5-10,13H2,1-4H3,(H,19,20). The molecule has 1 aromatic rings. The van der Waals surface area contributed by atoms with Crippen molar-refractivity contribution in [1.82, 2.24) is 19.7 Å². The number of hydrogen-bond acceptors (Lipinski definition) is 2. The van der Waals surface area contributed by atoms with Gasteiger partial charge >= 0.3 is 0 Å². The number of aryl methyl sites for hydroxylation is 1. The van der Waals surface area contributed by atoms with Crippen LogP contribution in [0.3, 0.4) is 0 Å². The third-order valence-electron chi connectivity index (χ3n) is 4.72. The molecule has 0 bridgehead atoms. The van der Waals surface area contributed by atoms with Gasteiger partial charge in [-0.05, 0) is 51.4 Å². The molecule has 0 unspecified atom stereocenters. The van der Waals surface area contributed by atoms with Gasteiger partial charge in [-0.15, -0.1) is 0 Å². The molecule has 6 heteroatoms. The predicted molar refractivity (Wildman–Crippen MR) is 98.1 cm³/mol. The van der Waals surface area contributed by atoms with Gasteiger partial charge in [0.2, 0.25) is 0 Å². The van der Waals surface area contributed by atoms with E-state index in [1.54, 1.807) is 0 Å². The maximum atomic E-state index is 6.05. The molecule has 0 aliphatic carbocycles. The second-order valence-electron chi connectivity index (χ2n) is 6.63. The van der Waals surface area contributed by atoms with E-state index < -0.39 is 0 Å². The lowest BCUT2D eigenvalue weighted by Crippen LogP contribution is -2.40. The maximum Gasteiger partial charge on any atom is 0.193 e. The van der Waals surface area contributed by atoms with Crippen LogP contribution >= 0.6 is 11.6 Å². The summed E-state index contributed by atoms with van der Waals surface area (Å²) in [4.78, 5) is 8.95. The number of nitrogens with one attached hydrogen (secondary N) is 1. The Hall–Kier alpha value is -1.20. The summed E-state index contributed by atoms with van der Waals surface area (Å²) < 4.78 is 2.06. The molecular formula is C17H30ClN5. The Morgan fingerprint density at radius 3 is 2.65 bits per heavy atom. The molecule has 1 N–H and O–H groups in total. The van der Waals surface area contributed by atoms with E-state index in [0.29, 0.717) is 0 Å². The number of hydrogen-bond donors (Lipinski definition) is 1. The highest BCUT2D eigenvalue weighted by atomic mass is 35.5. The fourth-order valence-electron chi connectivity index (χ4n) is 3.16. The van der Waals surface area contributed by atoms with Gasteiger partial charge in [0.05, 0.1) is 11.6 Å². The van der Waals surface area contributed by atoms with Gasteiger partial charge in [-0.3, -0.25) is 4.99 Å². The van der Waals surface area contributed by atoms with Crippen LogP contribution in [0.4, 0.5) is 0 Å². The van der Waals surface area contributed by atoms with Crippen molar-refractivity contribution in [2.45, 2.75) is 25.8 Å². The van der Waals surface area contributed by atoms with Crippen molar-refractivity contribution in [3.8, 4) is 0 Å². The van der Waals surface area contributed by atoms with Crippen LogP contribution in [0, 0.1) is 5.92 Å². The average Bonchev–Trinajstić information content (AvgIpc) is 2.83. The first-order valence-electron chi connectivity index (χ1n) is 8.40. The van der Waals surface area contributed by atoms with Crippen molar-refractivity contribution < 1.29 is 0 Å². The van der Waals surface area contributed by atoms with Crippen LogP contribution in [0.2, 0.25) is 5.02 Å². The van der Waals surface area contributed by atoms with E-state index in [4.69, 9.17) is 11.6 Å². The molecule has 1 aromatic heterocycles. The van der Waals surface area contributed by atoms with Gasteiger partial charge in [0.15, 0.2) is 5.96 Å². The summed E-state index contributed by atoms with van der Waals surface area (Å²) >= 11 is 6.05. The first kappa shape index (κ1) is 18.1. The van der Waals surface area contributed by atoms with Crippen LogP contribution < -0.4 is 5.32 Å². The number of piperidine rings is 1. The Morgan fingerprint density at radius 1 is 1.39 bits per heavy atom. The van der Waals surface area contributed by atoms with Crippen LogP contribution in [0.1, 0.15) is 25.0 Å². The fraction of sp³-hybridized carbons (Fsp3) is 0.706. The van der Waals surface area contributed by atoms with Crippen molar-refractivity contribution in [3.63, 3.8) is 0 Å². The summed E-state index contributed by atoms with van der Waals surface area (Å²) in [6.45, 7) is 4.23. The normalized spacial score (nSPS) is 17.5. The summed E-state index contributed by atoms with van der Waals surface area (Å²) in [5, 5.41) is 4.27. The first-order chi connectivity index (χ1) is 11.0. The molecule has 0 amide bonds. The van der Waals surface area contributed by atoms with Crippen LogP contribution in [-0.2, 0) is 13.6 Å². The summed E-state index contributed by atoms with van der Waals surface area (Å²) in [7, 11) is 8.13. The van der Waals surface area contributed by atoms with Crippen molar-refractivity contribution in [3.05, 3.63) is 23.0 Å². The molecule has 0 aromatic carbocycles. The van der Waals surface area contributed by atoms with Crippen LogP contribution in [0.15, 0.2) is 17.3 Å². The van der Waals surface area contributed by atoms with Crippen molar-refractivity contribution >= 4 is 17.6 Å². The van der Waals surface area contributed by atoms with E-state index in [1.165, 1.54) is 38.0 Å². The highest BCUT2D eigenvalue weighted by Crippen LogP contribution is 2.19. The van der Waals surface area contributed by atoms with E-state index in [1.807, 2.05) is 26.4 Å². The van der Waals surface area contributed by atoms with Crippen LogP contribution in [0.5, 0.6) is 0 Å². The summed E-state index contributed by atoms with van der Waals surface area (Å²) in [5.74, 6) is 1.78. The fourth-order valence-corrected chi connectivity index (χ4v) is 3.44. The van der Waals surface area contributed by atoms with Gasteiger partial charge in [-0.25, -0.2) is 0 Å². The number of aliphatic imine (C=N–C) groups is 1. The minimum atomic E-state index is 0.779. The monoisotopic (exact) mass is 339 g/mol. The minimum absolute atomic E-state index is 0.779. The Bertz CT molecular complexity index is 517. The molecule has 1 aliphatic rings. The zero-order valence-corrected chi connectivity index (χ0v) is 15.6. The Kier molecular flexibility index (Phi) is 6.78. The highest BCUT2D eigenvalue weighted by Gasteiger charge is 2.16. The molecule has 2 heterocycles. The molecule has 0 atom stereocenters. The molecule has 1 fully saturated rings. The predicted octanol–water partition coefficient (Wildman–Crippen LogP) is 2.42. The largest absolute Gasteiger partial charge is 0.356 e. The van der Waals surface area contributed by atoms with Gasteiger partial charge in [-0.2, -0.15) is 0 Å². The molecule has 1 saturated heterocycles.